The molecule has 44 heavy (non-hydrogen) atoms. The van der Waals surface area contributed by atoms with E-state index < -0.39 is 59.9 Å². The summed E-state index contributed by atoms with van der Waals surface area (Å²) in [7, 11) is 1.78. The number of nitrogens with one attached hydrogen (secondary N) is 1. The van der Waals surface area contributed by atoms with Crippen molar-refractivity contribution >= 4 is 41.2 Å². The number of fused-ring (bicyclic) bond motifs is 1. The van der Waals surface area contributed by atoms with Crippen LogP contribution in [0.15, 0.2) is 42.5 Å². The Morgan fingerprint density at radius 3 is 2.45 bits per heavy atom. The number of alkyl halides is 2. The maximum Gasteiger partial charge on any atom is 0.349 e. The molecule has 2 aliphatic heterocycles. The third kappa shape index (κ3) is 6.76. The van der Waals surface area contributed by atoms with Crippen LogP contribution in [0.2, 0.25) is 5.02 Å². The molecular formula is C31H35ClF2N4O6. The average molecular weight is 633 g/mol. The van der Waals surface area contributed by atoms with Gasteiger partial charge in [-0.05, 0) is 55.3 Å². The van der Waals surface area contributed by atoms with Crippen LogP contribution in [-0.2, 0) is 42.9 Å². The van der Waals surface area contributed by atoms with Crippen molar-refractivity contribution < 1.29 is 37.5 Å². The molecule has 0 aliphatic carbocycles. The first-order chi connectivity index (χ1) is 20.8. The maximum atomic E-state index is 14.6. The minimum atomic E-state index is -3.78. The van der Waals surface area contributed by atoms with E-state index in [1.54, 1.807) is 13.1 Å². The topological polar surface area (TPSA) is 116 Å². The van der Waals surface area contributed by atoms with Crippen LogP contribution in [-0.4, -0.2) is 76.7 Å². The van der Waals surface area contributed by atoms with Gasteiger partial charge in [-0.15, -0.1) is 0 Å². The number of benzene rings is 2. The van der Waals surface area contributed by atoms with E-state index in [4.69, 9.17) is 16.3 Å². The fourth-order valence-electron chi connectivity index (χ4n) is 5.46. The number of imide groups is 1. The molecule has 2 heterocycles. The summed E-state index contributed by atoms with van der Waals surface area (Å²) in [6.07, 6.45) is 0.0907. The van der Waals surface area contributed by atoms with Crippen LogP contribution in [0.25, 0.3) is 0 Å². The van der Waals surface area contributed by atoms with Gasteiger partial charge < -0.3 is 15.0 Å². The van der Waals surface area contributed by atoms with Crippen LogP contribution >= 0.6 is 11.6 Å². The lowest BCUT2D eigenvalue weighted by atomic mass is 10.0. The zero-order valence-corrected chi connectivity index (χ0v) is 25.7. The number of carbonyl (C=O) groups excluding carboxylic acids is 5. The molecule has 0 radical (unpaired) electrons. The first-order valence-electron chi connectivity index (χ1n) is 14.3. The number of likely N-dealkylation sites (N-methyl/N-ethyl adjacent to an activating group) is 1. The van der Waals surface area contributed by atoms with Gasteiger partial charge in [0.2, 0.25) is 5.91 Å². The normalized spacial score (nSPS) is 17.8. The Morgan fingerprint density at radius 2 is 1.82 bits per heavy atom. The van der Waals surface area contributed by atoms with Gasteiger partial charge in [0.05, 0.1) is 0 Å². The average Bonchev–Trinajstić information content (AvgIpc) is 3.30. The Kier molecular flexibility index (Phi) is 10.0. The van der Waals surface area contributed by atoms with Crippen molar-refractivity contribution in [2.45, 2.75) is 64.7 Å². The van der Waals surface area contributed by atoms with E-state index in [9.17, 15) is 32.8 Å². The van der Waals surface area contributed by atoms with Crippen molar-refractivity contribution in [2.75, 3.05) is 20.3 Å². The van der Waals surface area contributed by atoms with Gasteiger partial charge in [0.15, 0.2) is 6.73 Å². The number of piperidine rings is 1. The van der Waals surface area contributed by atoms with Crippen LogP contribution in [0.4, 0.5) is 8.78 Å². The summed E-state index contributed by atoms with van der Waals surface area (Å²) in [5.41, 5.74) is 0.865. The third-order valence-corrected chi connectivity index (χ3v) is 8.24. The van der Waals surface area contributed by atoms with E-state index in [0.717, 1.165) is 17.0 Å². The number of nitrogens with zero attached hydrogens (tertiary/aromatic N) is 3. The Labute approximate surface area is 259 Å². The SMILES string of the molecule is CCN(C)C(C(=O)OCN1C(=O)CCC(N2Cc3cc(CNC(=O)C(F)(F)c4ccc(Cl)cc4)ccc3C2=O)C1=O)C(C)C. The van der Waals surface area contributed by atoms with Crippen LogP contribution in [0.1, 0.15) is 60.7 Å². The Hall–Kier alpha value is -3.90. The molecule has 0 aromatic heterocycles. The van der Waals surface area contributed by atoms with Crippen LogP contribution in [0, 0.1) is 5.92 Å². The molecule has 2 atom stereocenters. The van der Waals surface area contributed by atoms with E-state index in [-0.39, 0.29) is 36.9 Å². The predicted octanol–water partition coefficient (Wildman–Crippen LogP) is 3.70. The van der Waals surface area contributed by atoms with Gasteiger partial charge in [-0.25, -0.2) is 4.90 Å². The molecule has 236 valence electrons. The first kappa shape index (κ1) is 33.0. The second-order valence-corrected chi connectivity index (χ2v) is 11.7. The Morgan fingerprint density at radius 1 is 1.14 bits per heavy atom. The lowest BCUT2D eigenvalue weighted by Crippen LogP contribution is -2.55. The quantitative estimate of drug-likeness (QED) is 0.297. The van der Waals surface area contributed by atoms with Crippen LogP contribution in [0.3, 0.4) is 0 Å². The number of rotatable bonds is 11. The minimum Gasteiger partial charge on any atom is -0.443 e. The van der Waals surface area contributed by atoms with E-state index in [1.165, 1.54) is 29.2 Å². The minimum absolute atomic E-state index is 0.0182. The summed E-state index contributed by atoms with van der Waals surface area (Å²) in [6.45, 7) is 5.53. The molecule has 0 saturated carbocycles. The zero-order chi connectivity index (χ0) is 32.3. The number of amides is 4. The summed E-state index contributed by atoms with van der Waals surface area (Å²) in [4.78, 5) is 68.4. The van der Waals surface area contributed by atoms with Gasteiger partial charge >= 0.3 is 11.9 Å². The highest BCUT2D eigenvalue weighted by atomic mass is 35.5. The molecule has 2 aromatic carbocycles. The fraction of sp³-hybridized carbons (Fsp3) is 0.452. The lowest BCUT2D eigenvalue weighted by Gasteiger charge is -2.35. The van der Waals surface area contributed by atoms with Crippen molar-refractivity contribution in [3.63, 3.8) is 0 Å². The molecule has 1 saturated heterocycles. The highest BCUT2D eigenvalue weighted by Gasteiger charge is 2.44. The van der Waals surface area contributed by atoms with Crippen molar-refractivity contribution in [3.05, 3.63) is 69.7 Å². The highest BCUT2D eigenvalue weighted by molar-refractivity contribution is 6.30. The van der Waals surface area contributed by atoms with Gasteiger partial charge in [-0.3, -0.25) is 28.9 Å². The summed E-state index contributed by atoms with van der Waals surface area (Å²) in [5, 5.41) is 2.50. The molecule has 4 amide bonds. The molecule has 1 fully saturated rings. The molecule has 13 heteroatoms. The Bertz CT molecular complexity index is 1450. The van der Waals surface area contributed by atoms with Gasteiger partial charge in [-0.2, -0.15) is 8.78 Å². The fourth-order valence-corrected chi connectivity index (χ4v) is 5.59. The van der Waals surface area contributed by atoms with E-state index in [0.29, 0.717) is 23.2 Å². The molecule has 10 nitrogen and oxygen atoms in total. The number of ether oxygens (including phenoxy) is 1. The van der Waals surface area contributed by atoms with Crippen LogP contribution in [0.5, 0.6) is 0 Å². The molecule has 0 spiro atoms. The number of likely N-dealkylation sites (tertiary alicyclic amines) is 1. The second-order valence-electron chi connectivity index (χ2n) is 11.3. The van der Waals surface area contributed by atoms with E-state index in [1.807, 2.05) is 25.7 Å². The molecule has 1 N–H and O–H groups in total. The molecule has 4 rings (SSSR count). The van der Waals surface area contributed by atoms with Gasteiger partial charge in [0.25, 0.3) is 17.7 Å². The monoisotopic (exact) mass is 632 g/mol. The molecule has 2 unspecified atom stereocenters. The number of esters is 1. The summed E-state index contributed by atoms with van der Waals surface area (Å²) in [5.74, 6) is -7.45. The number of halogens is 3. The molecule has 2 aromatic rings. The van der Waals surface area contributed by atoms with Crippen molar-refractivity contribution in [2.24, 2.45) is 5.92 Å². The summed E-state index contributed by atoms with van der Waals surface area (Å²) in [6, 6.07) is 7.87. The van der Waals surface area contributed by atoms with Gasteiger partial charge in [0.1, 0.15) is 12.1 Å². The molecular weight excluding hydrogens is 598 g/mol. The standard InChI is InChI=1S/C31H35ClF2N4O6/c1-5-36(4)26(18(2)3)29(42)44-17-38-25(39)13-12-24(28(38)41)37-16-20-14-19(6-11-23(20)27(37)40)15-35-30(43)31(33,34)21-7-9-22(32)10-8-21/h6-11,14,18,24,26H,5,12-13,15-17H2,1-4H3,(H,35,43). The summed E-state index contributed by atoms with van der Waals surface area (Å²) >= 11 is 5.75. The van der Waals surface area contributed by atoms with Crippen LogP contribution < -0.4 is 5.32 Å². The van der Waals surface area contributed by atoms with Crippen molar-refractivity contribution in [1.29, 1.82) is 0 Å². The molecule has 0 bridgehead atoms. The second kappa shape index (κ2) is 13.4. The number of carbonyl (C=O) groups is 5. The third-order valence-electron chi connectivity index (χ3n) is 7.99. The van der Waals surface area contributed by atoms with Crippen molar-refractivity contribution in [3.8, 4) is 0 Å². The molecule has 2 aliphatic rings. The zero-order valence-electron chi connectivity index (χ0n) is 24.9. The maximum absolute atomic E-state index is 14.6. The van der Waals surface area contributed by atoms with E-state index in [2.05, 4.69) is 5.32 Å². The Balaban J connectivity index is 1.40. The van der Waals surface area contributed by atoms with Gasteiger partial charge in [0, 0.05) is 35.7 Å². The highest BCUT2D eigenvalue weighted by Crippen LogP contribution is 2.31. The smallest absolute Gasteiger partial charge is 0.349 e. The van der Waals surface area contributed by atoms with Crippen molar-refractivity contribution in [1.82, 2.24) is 20.0 Å². The van der Waals surface area contributed by atoms with Gasteiger partial charge in [-0.1, -0.05) is 56.6 Å². The first-order valence-corrected chi connectivity index (χ1v) is 14.7. The predicted molar refractivity (Wildman–Crippen MR) is 156 cm³/mol. The number of hydrogen-bond acceptors (Lipinski definition) is 7. The lowest BCUT2D eigenvalue weighted by molar-refractivity contribution is -0.167. The van der Waals surface area contributed by atoms with E-state index >= 15 is 0 Å². The number of hydrogen-bond donors (Lipinski definition) is 1. The summed E-state index contributed by atoms with van der Waals surface area (Å²) < 4.78 is 34.7. The largest absolute Gasteiger partial charge is 0.443 e.